The number of hydrogen-bond acceptors (Lipinski definition) is 2. The molecule has 3 rings (SSSR count). The first-order chi connectivity index (χ1) is 8.31. The fourth-order valence-corrected chi connectivity index (χ4v) is 1.94. The standard InChI is InChI=1S/C14H13N3/c1-11-6-7-17(16-11)10-12-8-13-4-2-3-5-14(13)15-9-12/h2-9H,10H2,1H3. The van der Waals surface area contributed by atoms with E-state index in [4.69, 9.17) is 0 Å². The van der Waals surface area contributed by atoms with Gasteiger partial charge in [0.05, 0.1) is 17.8 Å². The zero-order valence-electron chi connectivity index (χ0n) is 9.67. The molecule has 1 aromatic carbocycles. The van der Waals surface area contributed by atoms with Crippen LogP contribution in [0.4, 0.5) is 0 Å². The lowest BCUT2D eigenvalue weighted by atomic mass is 10.1. The van der Waals surface area contributed by atoms with Crippen LogP contribution in [0.3, 0.4) is 0 Å². The molecule has 0 fully saturated rings. The van der Waals surface area contributed by atoms with Crippen LogP contribution in [-0.2, 0) is 6.54 Å². The van der Waals surface area contributed by atoms with Gasteiger partial charge in [-0.1, -0.05) is 18.2 Å². The maximum absolute atomic E-state index is 4.44. The van der Waals surface area contributed by atoms with Crippen LogP contribution < -0.4 is 0 Å². The molecule has 17 heavy (non-hydrogen) atoms. The number of benzene rings is 1. The van der Waals surface area contributed by atoms with Crippen molar-refractivity contribution in [2.45, 2.75) is 13.5 Å². The normalized spacial score (nSPS) is 10.9. The lowest BCUT2D eigenvalue weighted by Gasteiger charge is -2.03. The Morgan fingerprint density at radius 2 is 2.06 bits per heavy atom. The Bertz CT molecular complexity index is 655. The fraction of sp³-hybridized carbons (Fsp3) is 0.143. The lowest BCUT2D eigenvalue weighted by Crippen LogP contribution is -2.00. The second-order valence-corrected chi connectivity index (χ2v) is 4.19. The molecule has 0 N–H and O–H groups in total. The molecule has 0 bridgehead atoms. The summed E-state index contributed by atoms with van der Waals surface area (Å²) in [5.74, 6) is 0. The monoisotopic (exact) mass is 223 g/mol. The Kier molecular flexibility index (Phi) is 2.37. The van der Waals surface area contributed by atoms with Gasteiger partial charge in [0.15, 0.2) is 0 Å². The lowest BCUT2D eigenvalue weighted by molar-refractivity contribution is 0.678. The van der Waals surface area contributed by atoms with Gasteiger partial charge in [-0.2, -0.15) is 5.10 Å². The minimum absolute atomic E-state index is 0.770. The maximum atomic E-state index is 4.44. The van der Waals surface area contributed by atoms with Gasteiger partial charge in [0.2, 0.25) is 0 Å². The number of hydrogen-bond donors (Lipinski definition) is 0. The predicted octanol–water partition coefficient (Wildman–Crippen LogP) is 2.79. The first-order valence-corrected chi connectivity index (χ1v) is 5.65. The number of pyridine rings is 1. The topological polar surface area (TPSA) is 30.7 Å². The zero-order chi connectivity index (χ0) is 11.7. The van der Waals surface area contributed by atoms with Gasteiger partial charge in [0.1, 0.15) is 0 Å². The summed E-state index contributed by atoms with van der Waals surface area (Å²) >= 11 is 0. The molecule has 0 amide bonds. The molecule has 0 saturated heterocycles. The summed E-state index contributed by atoms with van der Waals surface area (Å²) in [4.78, 5) is 4.44. The van der Waals surface area contributed by atoms with Gasteiger partial charge in [-0.05, 0) is 30.7 Å². The molecule has 0 aliphatic rings. The molecule has 0 saturated carbocycles. The number of rotatable bonds is 2. The van der Waals surface area contributed by atoms with Crippen LogP contribution in [0, 0.1) is 6.92 Å². The van der Waals surface area contributed by atoms with Crippen LogP contribution in [0.2, 0.25) is 0 Å². The van der Waals surface area contributed by atoms with E-state index in [-0.39, 0.29) is 0 Å². The van der Waals surface area contributed by atoms with E-state index in [0.717, 1.165) is 17.8 Å². The Balaban J connectivity index is 1.95. The maximum Gasteiger partial charge on any atom is 0.0702 e. The molecule has 3 nitrogen and oxygen atoms in total. The molecule has 84 valence electrons. The first kappa shape index (κ1) is 10.0. The second kappa shape index (κ2) is 4.01. The van der Waals surface area contributed by atoms with Crippen molar-refractivity contribution in [1.82, 2.24) is 14.8 Å². The van der Waals surface area contributed by atoms with Gasteiger partial charge >= 0.3 is 0 Å². The third kappa shape index (κ3) is 2.04. The average molecular weight is 223 g/mol. The van der Waals surface area contributed by atoms with Crippen LogP contribution in [0.5, 0.6) is 0 Å². The van der Waals surface area contributed by atoms with Gasteiger partial charge in [0.25, 0.3) is 0 Å². The molecule has 3 aromatic rings. The van der Waals surface area contributed by atoms with Crippen molar-refractivity contribution < 1.29 is 0 Å². The summed E-state index contributed by atoms with van der Waals surface area (Å²) in [6, 6.07) is 12.3. The zero-order valence-corrected chi connectivity index (χ0v) is 9.67. The molecule has 2 heterocycles. The summed E-state index contributed by atoms with van der Waals surface area (Å²) in [6.45, 7) is 2.76. The van der Waals surface area contributed by atoms with E-state index in [1.807, 2.05) is 48.3 Å². The summed E-state index contributed by atoms with van der Waals surface area (Å²) in [7, 11) is 0. The highest BCUT2D eigenvalue weighted by Gasteiger charge is 1.99. The number of aryl methyl sites for hydroxylation is 1. The number of aromatic nitrogens is 3. The number of fused-ring (bicyclic) bond motifs is 1. The van der Waals surface area contributed by atoms with Crippen molar-refractivity contribution in [1.29, 1.82) is 0 Å². The van der Waals surface area contributed by atoms with E-state index in [1.54, 1.807) is 0 Å². The second-order valence-electron chi connectivity index (χ2n) is 4.19. The smallest absolute Gasteiger partial charge is 0.0702 e. The molecule has 0 spiro atoms. The van der Waals surface area contributed by atoms with Gasteiger partial charge in [-0.15, -0.1) is 0 Å². The van der Waals surface area contributed by atoms with Gasteiger partial charge in [0, 0.05) is 17.8 Å². The molecular formula is C14H13N3. The quantitative estimate of drug-likeness (QED) is 0.668. The molecule has 2 aromatic heterocycles. The molecule has 0 aliphatic carbocycles. The minimum Gasteiger partial charge on any atom is -0.268 e. The van der Waals surface area contributed by atoms with Crippen LogP contribution in [-0.4, -0.2) is 14.8 Å². The van der Waals surface area contributed by atoms with Gasteiger partial charge in [-0.3, -0.25) is 9.67 Å². The Morgan fingerprint density at radius 1 is 1.18 bits per heavy atom. The first-order valence-electron chi connectivity index (χ1n) is 5.65. The number of nitrogens with zero attached hydrogens (tertiary/aromatic N) is 3. The summed E-state index contributed by atoms with van der Waals surface area (Å²) in [5, 5.41) is 5.55. The van der Waals surface area contributed by atoms with E-state index in [2.05, 4.69) is 22.2 Å². The van der Waals surface area contributed by atoms with Crippen molar-refractivity contribution in [2.75, 3.05) is 0 Å². The summed E-state index contributed by atoms with van der Waals surface area (Å²) in [5.41, 5.74) is 3.25. The highest BCUT2D eigenvalue weighted by atomic mass is 15.3. The molecule has 0 aliphatic heterocycles. The molecule has 3 heteroatoms. The largest absolute Gasteiger partial charge is 0.268 e. The molecule has 0 unspecified atom stereocenters. The number of para-hydroxylation sites is 1. The molecular weight excluding hydrogens is 210 g/mol. The van der Waals surface area contributed by atoms with E-state index in [9.17, 15) is 0 Å². The third-order valence-corrected chi connectivity index (χ3v) is 2.77. The fourth-order valence-electron chi connectivity index (χ4n) is 1.94. The van der Waals surface area contributed by atoms with Crippen molar-refractivity contribution in [3.05, 3.63) is 60.0 Å². The molecule has 0 radical (unpaired) electrons. The minimum atomic E-state index is 0.770. The summed E-state index contributed by atoms with van der Waals surface area (Å²) < 4.78 is 1.93. The van der Waals surface area contributed by atoms with Crippen LogP contribution in [0.25, 0.3) is 10.9 Å². The van der Waals surface area contributed by atoms with Crippen LogP contribution in [0.15, 0.2) is 48.8 Å². The van der Waals surface area contributed by atoms with Crippen molar-refractivity contribution >= 4 is 10.9 Å². The van der Waals surface area contributed by atoms with E-state index in [1.165, 1.54) is 10.9 Å². The SMILES string of the molecule is Cc1ccn(Cc2cnc3ccccc3c2)n1. The van der Waals surface area contributed by atoms with Crippen molar-refractivity contribution in [3.63, 3.8) is 0 Å². The highest BCUT2D eigenvalue weighted by Crippen LogP contribution is 2.13. The highest BCUT2D eigenvalue weighted by molar-refractivity contribution is 5.78. The van der Waals surface area contributed by atoms with E-state index in [0.29, 0.717) is 0 Å². The van der Waals surface area contributed by atoms with Crippen LogP contribution >= 0.6 is 0 Å². The van der Waals surface area contributed by atoms with Crippen molar-refractivity contribution in [2.24, 2.45) is 0 Å². The predicted molar refractivity (Wildman–Crippen MR) is 67.8 cm³/mol. The third-order valence-electron chi connectivity index (χ3n) is 2.77. The van der Waals surface area contributed by atoms with Crippen LogP contribution in [0.1, 0.15) is 11.3 Å². The average Bonchev–Trinajstić information content (AvgIpc) is 2.75. The van der Waals surface area contributed by atoms with Gasteiger partial charge < -0.3 is 0 Å². The van der Waals surface area contributed by atoms with Crippen molar-refractivity contribution in [3.8, 4) is 0 Å². The Hall–Kier alpha value is -2.16. The van der Waals surface area contributed by atoms with E-state index < -0.39 is 0 Å². The van der Waals surface area contributed by atoms with Gasteiger partial charge in [-0.25, -0.2) is 0 Å². The Morgan fingerprint density at radius 3 is 2.88 bits per heavy atom. The van der Waals surface area contributed by atoms with E-state index >= 15 is 0 Å². The molecule has 0 atom stereocenters. The summed E-state index contributed by atoms with van der Waals surface area (Å²) in [6.07, 6.45) is 3.91. The Labute approximate surface area is 99.7 Å².